The third kappa shape index (κ3) is 4.72. The summed E-state index contributed by atoms with van der Waals surface area (Å²) in [4.78, 5) is 24.0. The van der Waals surface area contributed by atoms with Crippen molar-refractivity contribution in [3.8, 4) is 22.5 Å². The smallest absolute Gasteiger partial charge is 0.408 e. The number of rotatable bonds is 8. The van der Waals surface area contributed by atoms with E-state index in [1.165, 1.54) is 0 Å². The van der Waals surface area contributed by atoms with Gasteiger partial charge in [-0.05, 0) is 48.9 Å². The average molecular weight is 497 g/mol. The molecule has 1 aromatic heterocycles. The van der Waals surface area contributed by atoms with Gasteiger partial charge >= 0.3 is 12.1 Å². The van der Waals surface area contributed by atoms with Crippen molar-refractivity contribution in [1.82, 2.24) is 10.5 Å². The number of carbonyl (C=O) groups is 2. The number of amides is 1. The van der Waals surface area contributed by atoms with Crippen LogP contribution in [0, 0.1) is 6.92 Å². The molecule has 1 aliphatic carbocycles. The number of carboxylic acids is 1. The standard InChI is InChI=1S/C30H28N2O5/c1-3-31-29(35)36-26(22-7-5-4-6-8-22)25-19(2)32-37-27(25)23-11-9-20(10-12-23)21-13-15-24(16-14-21)30(17-18-30)28(33)34/h4-16,26H,3,17-18H2,1-2H3,(H,31,35)(H,33,34)/t26-/m0/s1. The van der Waals surface area contributed by atoms with E-state index in [-0.39, 0.29) is 0 Å². The fraction of sp³-hybridized carbons (Fsp3) is 0.233. The summed E-state index contributed by atoms with van der Waals surface area (Å²) in [7, 11) is 0. The second-order valence-corrected chi connectivity index (χ2v) is 9.28. The van der Waals surface area contributed by atoms with Crippen molar-refractivity contribution >= 4 is 12.1 Å². The Kier molecular flexibility index (Phi) is 6.53. The van der Waals surface area contributed by atoms with Gasteiger partial charge in [0.15, 0.2) is 11.9 Å². The Balaban J connectivity index is 1.45. The molecule has 0 spiro atoms. The summed E-state index contributed by atoms with van der Waals surface area (Å²) in [6.45, 7) is 4.12. The molecule has 1 atom stereocenters. The van der Waals surface area contributed by atoms with Crippen LogP contribution in [0.2, 0.25) is 0 Å². The molecule has 5 rings (SSSR count). The zero-order valence-electron chi connectivity index (χ0n) is 20.7. The van der Waals surface area contributed by atoms with Crippen LogP contribution in [0.25, 0.3) is 22.5 Å². The molecule has 1 heterocycles. The molecule has 1 amide bonds. The maximum atomic E-state index is 12.4. The number of aromatic nitrogens is 1. The molecule has 7 nitrogen and oxygen atoms in total. The fourth-order valence-corrected chi connectivity index (χ4v) is 4.66. The van der Waals surface area contributed by atoms with Crippen molar-refractivity contribution in [3.63, 3.8) is 0 Å². The highest BCUT2D eigenvalue weighted by molar-refractivity contribution is 5.85. The first-order valence-corrected chi connectivity index (χ1v) is 12.3. The van der Waals surface area contributed by atoms with Crippen LogP contribution >= 0.6 is 0 Å². The SMILES string of the molecule is CCNC(=O)O[C@@H](c1ccccc1)c1c(C)noc1-c1ccc(-c2ccc(C3(C(=O)O)CC3)cc2)cc1. The molecule has 37 heavy (non-hydrogen) atoms. The Morgan fingerprint density at radius 1 is 0.973 bits per heavy atom. The Labute approximate surface area is 215 Å². The van der Waals surface area contributed by atoms with Crippen molar-refractivity contribution in [1.29, 1.82) is 0 Å². The van der Waals surface area contributed by atoms with Crippen molar-refractivity contribution in [3.05, 3.63) is 101 Å². The predicted octanol–water partition coefficient (Wildman–Crippen LogP) is 6.27. The van der Waals surface area contributed by atoms with Crippen LogP contribution in [0.1, 0.15) is 48.3 Å². The number of hydrogen-bond acceptors (Lipinski definition) is 5. The van der Waals surface area contributed by atoms with E-state index in [4.69, 9.17) is 9.26 Å². The molecule has 2 N–H and O–H groups in total. The number of carbonyl (C=O) groups excluding carboxylic acids is 1. The summed E-state index contributed by atoms with van der Waals surface area (Å²) in [5, 5.41) is 16.4. The van der Waals surface area contributed by atoms with Gasteiger partial charge in [-0.1, -0.05) is 84.0 Å². The number of carboxylic acid groups (broad SMARTS) is 1. The van der Waals surface area contributed by atoms with Gasteiger partial charge in [0, 0.05) is 12.1 Å². The number of ether oxygens (including phenoxy) is 1. The van der Waals surface area contributed by atoms with Crippen LogP contribution < -0.4 is 5.32 Å². The molecular formula is C30H28N2O5. The largest absolute Gasteiger partial charge is 0.481 e. The Hall–Kier alpha value is -4.39. The zero-order valence-corrected chi connectivity index (χ0v) is 20.7. The first-order valence-electron chi connectivity index (χ1n) is 12.3. The normalized spacial score (nSPS) is 14.5. The van der Waals surface area contributed by atoms with Crippen LogP contribution in [-0.2, 0) is 14.9 Å². The van der Waals surface area contributed by atoms with Crippen molar-refractivity contribution in [2.24, 2.45) is 0 Å². The second-order valence-electron chi connectivity index (χ2n) is 9.28. The summed E-state index contributed by atoms with van der Waals surface area (Å²) in [6, 6.07) is 25.1. The highest BCUT2D eigenvalue weighted by Gasteiger charge is 2.51. The van der Waals surface area contributed by atoms with E-state index in [2.05, 4.69) is 10.5 Å². The van der Waals surface area contributed by atoms with Crippen molar-refractivity contribution < 1.29 is 24.0 Å². The lowest BCUT2D eigenvalue weighted by Gasteiger charge is -2.19. The molecule has 0 unspecified atom stereocenters. The van der Waals surface area contributed by atoms with Crippen LogP contribution in [-0.4, -0.2) is 28.9 Å². The predicted molar refractivity (Wildman–Crippen MR) is 139 cm³/mol. The fourth-order valence-electron chi connectivity index (χ4n) is 4.66. The van der Waals surface area contributed by atoms with E-state index in [9.17, 15) is 14.7 Å². The van der Waals surface area contributed by atoms with Gasteiger partial charge in [0.2, 0.25) is 0 Å². The van der Waals surface area contributed by atoms with Crippen molar-refractivity contribution in [2.75, 3.05) is 6.54 Å². The van der Waals surface area contributed by atoms with E-state index < -0.39 is 23.6 Å². The highest BCUT2D eigenvalue weighted by atomic mass is 16.6. The number of nitrogens with zero attached hydrogens (tertiary/aromatic N) is 1. The van der Waals surface area contributed by atoms with Crippen molar-refractivity contribution in [2.45, 2.75) is 38.2 Å². The first-order chi connectivity index (χ1) is 17.9. The Bertz CT molecular complexity index is 1400. The Morgan fingerprint density at radius 3 is 2.14 bits per heavy atom. The number of benzene rings is 3. The second kappa shape index (κ2) is 9.93. The van der Waals surface area contributed by atoms with Crippen LogP contribution in [0.3, 0.4) is 0 Å². The van der Waals surface area contributed by atoms with Gasteiger partial charge in [0.25, 0.3) is 0 Å². The minimum absolute atomic E-state index is 0.454. The van der Waals surface area contributed by atoms with Crippen LogP contribution in [0.15, 0.2) is 83.4 Å². The summed E-state index contributed by atoms with van der Waals surface area (Å²) >= 11 is 0. The Morgan fingerprint density at radius 2 is 1.57 bits per heavy atom. The molecule has 3 aromatic carbocycles. The lowest BCUT2D eigenvalue weighted by Crippen LogP contribution is -2.26. The summed E-state index contributed by atoms with van der Waals surface area (Å²) in [6.07, 6.45) is 0.162. The molecule has 0 radical (unpaired) electrons. The summed E-state index contributed by atoms with van der Waals surface area (Å²) in [5.41, 5.74) is 5.07. The number of aryl methyl sites for hydroxylation is 1. The first kappa shape index (κ1) is 24.3. The van der Waals surface area contributed by atoms with E-state index in [1.54, 1.807) is 0 Å². The molecule has 188 valence electrons. The van der Waals surface area contributed by atoms with E-state index >= 15 is 0 Å². The lowest BCUT2D eigenvalue weighted by atomic mass is 9.93. The molecule has 0 saturated heterocycles. The number of alkyl carbamates (subject to hydrolysis) is 1. The average Bonchev–Trinajstić information content (AvgIpc) is 3.65. The molecule has 4 aromatic rings. The van der Waals surface area contributed by atoms with E-state index in [1.807, 2.05) is 92.7 Å². The van der Waals surface area contributed by atoms with Gasteiger partial charge in [-0.25, -0.2) is 4.79 Å². The van der Waals surface area contributed by atoms with Gasteiger partial charge in [-0.3, -0.25) is 4.79 Å². The molecule has 1 saturated carbocycles. The van der Waals surface area contributed by atoms with Crippen LogP contribution in [0.5, 0.6) is 0 Å². The molecular weight excluding hydrogens is 468 g/mol. The van der Waals surface area contributed by atoms with E-state index in [0.717, 1.165) is 27.8 Å². The summed E-state index contributed by atoms with van der Waals surface area (Å²) in [5.74, 6) is -0.220. The topological polar surface area (TPSA) is 102 Å². The minimum Gasteiger partial charge on any atom is -0.481 e. The van der Waals surface area contributed by atoms with E-state index in [0.29, 0.717) is 36.4 Å². The quantitative estimate of drug-likeness (QED) is 0.298. The number of nitrogens with one attached hydrogen (secondary N) is 1. The van der Waals surface area contributed by atoms with Crippen LogP contribution in [0.4, 0.5) is 4.79 Å². The molecule has 0 bridgehead atoms. The molecule has 1 aliphatic rings. The summed E-state index contributed by atoms with van der Waals surface area (Å²) < 4.78 is 11.6. The lowest BCUT2D eigenvalue weighted by molar-refractivity contribution is -0.140. The molecule has 1 fully saturated rings. The maximum Gasteiger partial charge on any atom is 0.408 e. The molecule has 0 aliphatic heterocycles. The monoisotopic (exact) mass is 496 g/mol. The van der Waals surface area contributed by atoms with Gasteiger partial charge < -0.3 is 19.7 Å². The number of aliphatic carboxylic acids is 1. The number of hydrogen-bond donors (Lipinski definition) is 2. The van der Waals surface area contributed by atoms with Gasteiger partial charge in [-0.2, -0.15) is 0 Å². The third-order valence-electron chi connectivity index (χ3n) is 6.90. The van der Waals surface area contributed by atoms with Gasteiger partial charge in [0.05, 0.1) is 16.7 Å². The highest BCUT2D eigenvalue weighted by Crippen LogP contribution is 2.48. The van der Waals surface area contributed by atoms with Gasteiger partial charge in [-0.15, -0.1) is 0 Å². The maximum absolute atomic E-state index is 12.4. The zero-order chi connectivity index (χ0) is 26.0. The molecule has 7 heteroatoms. The third-order valence-corrected chi connectivity index (χ3v) is 6.90. The minimum atomic E-state index is -0.757. The van der Waals surface area contributed by atoms with Gasteiger partial charge in [0.1, 0.15) is 0 Å².